The van der Waals surface area contributed by atoms with Crippen LogP contribution in [0.3, 0.4) is 0 Å². The molecule has 4 rings (SSSR count). The van der Waals surface area contributed by atoms with E-state index in [1.54, 1.807) is 41.1 Å². The van der Waals surface area contributed by atoms with Gasteiger partial charge in [-0.15, -0.1) is 21.5 Å². The number of rotatable bonds is 7. The molecule has 2 aromatic heterocycles. The van der Waals surface area contributed by atoms with Crippen LogP contribution in [0.25, 0.3) is 0 Å². The van der Waals surface area contributed by atoms with Gasteiger partial charge in [0.1, 0.15) is 17.9 Å². The molecule has 4 aromatic rings. The molecule has 146 valence electrons. The zero-order valence-corrected chi connectivity index (χ0v) is 17.8. The van der Waals surface area contributed by atoms with Gasteiger partial charge < -0.3 is 10.1 Å². The second-order valence-corrected chi connectivity index (χ2v) is 9.17. The molecule has 29 heavy (non-hydrogen) atoms. The first-order valence-corrected chi connectivity index (χ1v) is 11.2. The number of nitrogens with one attached hydrogen (secondary N) is 1. The van der Waals surface area contributed by atoms with Crippen molar-refractivity contribution in [3.63, 3.8) is 0 Å². The van der Waals surface area contributed by atoms with E-state index in [4.69, 9.17) is 4.74 Å². The number of aromatic nitrogens is 3. The first kappa shape index (κ1) is 19.6. The Labute approximate surface area is 180 Å². The van der Waals surface area contributed by atoms with Gasteiger partial charge in [-0.1, -0.05) is 23.1 Å². The van der Waals surface area contributed by atoms with Gasteiger partial charge in [-0.25, -0.2) is 4.98 Å². The minimum absolute atomic E-state index is 0.170. The van der Waals surface area contributed by atoms with Crippen molar-refractivity contribution in [1.29, 1.82) is 0 Å². The number of hydrogen-bond acceptors (Lipinski definition) is 8. The summed E-state index contributed by atoms with van der Waals surface area (Å²) in [7, 11) is 0. The second-order valence-electron chi connectivity index (χ2n) is 5.96. The molecule has 0 aliphatic rings. The van der Waals surface area contributed by atoms with Crippen LogP contribution in [-0.4, -0.2) is 21.1 Å². The van der Waals surface area contributed by atoms with Crippen LogP contribution in [0.2, 0.25) is 0 Å². The van der Waals surface area contributed by atoms with E-state index < -0.39 is 0 Å². The Balaban J connectivity index is 1.32. The highest BCUT2D eigenvalue weighted by molar-refractivity contribution is 8.01. The average Bonchev–Trinajstić information content (AvgIpc) is 3.40. The summed E-state index contributed by atoms with van der Waals surface area (Å²) in [6.45, 7) is 2.38. The van der Waals surface area contributed by atoms with Crippen LogP contribution in [-0.2, 0) is 6.61 Å². The molecule has 2 heterocycles. The standard InChI is InChI=1S/C20H16N4O2S3/c1-13-22-16(11-27-13)10-26-17-6-2-14(3-7-17)19(25)23-15-4-8-18(9-5-15)29-20-24-21-12-28-20/h2-9,11-12H,10H2,1H3,(H,23,25). The zero-order chi connectivity index (χ0) is 20.1. The van der Waals surface area contributed by atoms with Gasteiger partial charge in [0.25, 0.3) is 5.91 Å². The molecule has 9 heteroatoms. The number of anilines is 1. The minimum Gasteiger partial charge on any atom is -0.487 e. The highest BCUT2D eigenvalue weighted by Gasteiger charge is 2.08. The number of hydrogen-bond donors (Lipinski definition) is 1. The Bertz CT molecular complexity index is 1080. The van der Waals surface area contributed by atoms with Crippen LogP contribution in [0.4, 0.5) is 5.69 Å². The molecule has 0 bridgehead atoms. The van der Waals surface area contributed by atoms with Crippen LogP contribution in [0.1, 0.15) is 21.1 Å². The van der Waals surface area contributed by atoms with Gasteiger partial charge in [0.05, 0.1) is 10.7 Å². The summed E-state index contributed by atoms with van der Waals surface area (Å²) in [4.78, 5) is 17.9. The predicted molar refractivity (Wildman–Crippen MR) is 116 cm³/mol. The first-order chi connectivity index (χ1) is 14.2. The first-order valence-electron chi connectivity index (χ1n) is 8.65. The number of thiazole rings is 1. The normalized spacial score (nSPS) is 10.7. The largest absolute Gasteiger partial charge is 0.487 e. The number of carbonyl (C=O) groups excluding carboxylic acids is 1. The van der Waals surface area contributed by atoms with Crippen molar-refractivity contribution in [2.45, 2.75) is 22.8 Å². The zero-order valence-electron chi connectivity index (χ0n) is 15.4. The predicted octanol–water partition coefficient (Wildman–Crippen LogP) is 5.29. The van der Waals surface area contributed by atoms with Crippen LogP contribution in [0, 0.1) is 6.92 Å². The van der Waals surface area contributed by atoms with Crippen LogP contribution in [0.15, 0.2) is 68.7 Å². The van der Waals surface area contributed by atoms with E-state index in [1.807, 2.05) is 36.6 Å². The van der Waals surface area contributed by atoms with E-state index in [0.717, 1.165) is 25.6 Å². The topological polar surface area (TPSA) is 77.0 Å². The van der Waals surface area contributed by atoms with Gasteiger partial charge >= 0.3 is 0 Å². The highest BCUT2D eigenvalue weighted by atomic mass is 32.2. The summed E-state index contributed by atoms with van der Waals surface area (Å²) >= 11 is 4.63. The van der Waals surface area contributed by atoms with Crippen molar-refractivity contribution < 1.29 is 9.53 Å². The van der Waals surface area contributed by atoms with Crippen molar-refractivity contribution in [2.75, 3.05) is 5.32 Å². The van der Waals surface area contributed by atoms with E-state index in [0.29, 0.717) is 17.9 Å². The molecule has 0 spiro atoms. The van der Waals surface area contributed by atoms with Gasteiger partial charge in [0, 0.05) is 21.5 Å². The maximum absolute atomic E-state index is 12.5. The smallest absolute Gasteiger partial charge is 0.255 e. The molecule has 6 nitrogen and oxygen atoms in total. The molecule has 0 aliphatic carbocycles. The molecule has 1 N–H and O–H groups in total. The Kier molecular flexibility index (Phi) is 6.18. The Hall–Kier alpha value is -2.75. The van der Waals surface area contributed by atoms with E-state index in [-0.39, 0.29) is 5.91 Å². The van der Waals surface area contributed by atoms with E-state index >= 15 is 0 Å². The third-order valence-electron chi connectivity index (χ3n) is 3.83. The summed E-state index contributed by atoms with van der Waals surface area (Å²) in [6, 6.07) is 14.7. The van der Waals surface area contributed by atoms with Crippen LogP contribution >= 0.6 is 34.4 Å². The lowest BCUT2D eigenvalue weighted by molar-refractivity contribution is 0.102. The Morgan fingerprint density at radius 3 is 2.55 bits per heavy atom. The van der Waals surface area contributed by atoms with Crippen molar-refractivity contribution >= 4 is 46.0 Å². The Morgan fingerprint density at radius 1 is 1.10 bits per heavy atom. The fourth-order valence-corrected chi connectivity index (χ4v) is 4.50. The van der Waals surface area contributed by atoms with Gasteiger partial charge in [0.15, 0.2) is 4.34 Å². The molecular weight excluding hydrogens is 424 g/mol. The lowest BCUT2D eigenvalue weighted by Crippen LogP contribution is -2.11. The maximum Gasteiger partial charge on any atom is 0.255 e. The summed E-state index contributed by atoms with van der Waals surface area (Å²) < 4.78 is 6.60. The fraction of sp³-hybridized carbons (Fsp3) is 0.100. The van der Waals surface area contributed by atoms with Crippen LogP contribution < -0.4 is 10.1 Å². The van der Waals surface area contributed by atoms with Crippen molar-refractivity contribution in [1.82, 2.24) is 15.2 Å². The number of nitrogens with zero attached hydrogens (tertiary/aromatic N) is 3. The molecule has 2 aromatic carbocycles. The number of amides is 1. The third kappa shape index (κ3) is 5.41. The van der Waals surface area contributed by atoms with E-state index in [9.17, 15) is 4.79 Å². The number of ether oxygens (including phenoxy) is 1. The molecule has 0 aliphatic heterocycles. The highest BCUT2D eigenvalue weighted by Crippen LogP contribution is 2.29. The molecule has 0 radical (unpaired) electrons. The molecule has 0 atom stereocenters. The molecule has 0 saturated heterocycles. The molecule has 1 amide bonds. The third-order valence-corrected chi connectivity index (χ3v) is 6.44. The molecular formula is C20H16N4O2S3. The Morgan fingerprint density at radius 2 is 1.90 bits per heavy atom. The van der Waals surface area contributed by atoms with Gasteiger partial charge in [0.2, 0.25) is 0 Å². The van der Waals surface area contributed by atoms with Gasteiger partial charge in [-0.2, -0.15) is 0 Å². The van der Waals surface area contributed by atoms with Crippen molar-refractivity contribution in [3.8, 4) is 5.75 Å². The summed E-state index contributed by atoms with van der Waals surface area (Å²) in [5, 5.41) is 13.7. The van der Waals surface area contributed by atoms with Crippen molar-refractivity contribution in [2.24, 2.45) is 0 Å². The summed E-state index contributed by atoms with van der Waals surface area (Å²) in [5.74, 6) is 0.529. The molecule has 0 saturated carbocycles. The van der Waals surface area contributed by atoms with E-state index in [1.165, 1.54) is 23.1 Å². The average molecular weight is 441 g/mol. The van der Waals surface area contributed by atoms with Gasteiger partial charge in [-0.05, 0) is 55.5 Å². The lowest BCUT2D eigenvalue weighted by Gasteiger charge is -2.08. The minimum atomic E-state index is -0.170. The van der Waals surface area contributed by atoms with E-state index in [2.05, 4.69) is 20.5 Å². The quantitative estimate of drug-likeness (QED) is 0.421. The summed E-state index contributed by atoms with van der Waals surface area (Å²) in [6.07, 6.45) is 0. The lowest BCUT2D eigenvalue weighted by atomic mass is 10.2. The van der Waals surface area contributed by atoms with Crippen LogP contribution in [0.5, 0.6) is 5.75 Å². The number of benzene rings is 2. The summed E-state index contributed by atoms with van der Waals surface area (Å²) in [5.41, 5.74) is 3.90. The number of aryl methyl sites for hydroxylation is 1. The maximum atomic E-state index is 12.5. The fourth-order valence-electron chi connectivity index (χ4n) is 2.45. The van der Waals surface area contributed by atoms with Gasteiger partial charge in [-0.3, -0.25) is 4.79 Å². The second kappa shape index (κ2) is 9.17. The number of carbonyl (C=O) groups is 1. The molecule has 0 unspecified atom stereocenters. The SMILES string of the molecule is Cc1nc(COc2ccc(C(=O)Nc3ccc(Sc4nncs4)cc3)cc2)cs1. The van der Waals surface area contributed by atoms with Crippen molar-refractivity contribution in [3.05, 3.63) is 75.7 Å². The molecule has 0 fully saturated rings. The monoisotopic (exact) mass is 440 g/mol.